The molecule has 4 rings (SSSR count). The molecule has 2 aliphatic rings. The normalized spacial score (nSPS) is 19.9. The number of nitrogens with two attached hydrogens (primary N) is 1. The van der Waals surface area contributed by atoms with E-state index in [2.05, 4.69) is 44.0 Å². The van der Waals surface area contributed by atoms with Gasteiger partial charge >= 0.3 is 0 Å². The fourth-order valence-corrected chi connectivity index (χ4v) is 4.47. The molecule has 0 atom stereocenters. The Labute approximate surface area is 172 Å². The monoisotopic (exact) mass is 394 g/mol. The standard InChI is InChI=1S/C22H30N6O/c23-18-22(19-4-2-1-3-5-19)6-10-28(11-7-22)21(29)17-26-12-14-27(15-13-26)20-16-24-8-9-25-20/h1-5,8-9,16H,6-7,10-15,17-18,23H2. The molecule has 1 aromatic carbocycles. The number of carbonyl (C=O) groups excluding carboxylic acids is 1. The van der Waals surface area contributed by atoms with Crippen LogP contribution in [0.5, 0.6) is 0 Å². The number of benzene rings is 1. The van der Waals surface area contributed by atoms with E-state index in [9.17, 15) is 4.79 Å². The fourth-order valence-electron chi connectivity index (χ4n) is 4.47. The van der Waals surface area contributed by atoms with Crippen LogP contribution in [0.1, 0.15) is 18.4 Å². The summed E-state index contributed by atoms with van der Waals surface area (Å²) in [6.45, 7) is 6.17. The second-order valence-corrected chi connectivity index (χ2v) is 8.06. The lowest BCUT2D eigenvalue weighted by molar-refractivity contribution is -0.134. The van der Waals surface area contributed by atoms with E-state index >= 15 is 0 Å². The number of piperidine rings is 1. The minimum atomic E-state index is 0.000382. The van der Waals surface area contributed by atoms with E-state index in [0.29, 0.717) is 13.1 Å². The van der Waals surface area contributed by atoms with Gasteiger partial charge in [-0.05, 0) is 18.4 Å². The Morgan fingerprint density at radius 1 is 1.00 bits per heavy atom. The van der Waals surface area contributed by atoms with Crippen LogP contribution in [-0.4, -0.2) is 78.0 Å². The van der Waals surface area contributed by atoms with E-state index in [1.807, 2.05) is 11.0 Å². The summed E-state index contributed by atoms with van der Waals surface area (Å²) < 4.78 is 0. The summed E-state index contributed by atoms with van der Waals surface area (Å²) in [6, 6.07) is 10.5. The number of rotatable bonds is 5. The number of likely N-dealkylation sites (tertiary alicyclic amines) is 1. The third kappa shape index (κ3) is 4.41. The lowest BCUT2D eigenvalue weighted by Gasteiger charge is -2.42. The van der Waals surface area contributed by atoms with E-state index in [1.165, 1.54) is 5.56 Å². The van der Waals surface area contributed by atoms with E-state index in [0.717, 1.165) is 57.9 Å². The molecule has 29 heavy (non-hydrogen) atoms. The maximum atomic E-state index is 12.9. The van der Waals surface area contributed by atoms with Crippen LogP contribution < -0.4 is 10.6 Å². The Morgan fingerprint density at radius 3 is 2.34 bits per heavy atom. The molecule has 0 saturated carbocycles. The van der Waals surface area contributed by atoms with Crippen molar-refractivity contribution in [2.24, 2.45) is 5.73 Å². The Kier molecular flexibility index (Phi) is 6.06. The Bertz CT molecular complexity index is 783. The van der Waals surface area contributed by atoms with Gasteiger partial charge in [-0.2, -0.15) is 0 Å². The van der Waals surface area contributed by atoms with Crippen molar-refractivity contribution in [1.29, 1.82) is 0 Å². The van der Waals surface area contributed by atoms with E-state index < -0.39 is 0 Å². The Hall–Kier alpha value is -2.51. The first-order valence-corrected chi connectivity index (χ1v) is 10.5. The van der Waals surface area contributed by atoms with Crippen LogP contribution in [0.25, 0.3) is 0 Å². The van der Waals surface area contributed by atoms with Crippen molar-refractivity contribution >= 4 is 11.7 Å². The van der Waals surface area contributed by atoms with Gasteiger partial charge in [-0.25, -0.2) is 4.98 Å². The molecular weight excluding hydrogens is 364 g/mol. The third-order valence-electron chi connectivity index (χ3n) is 6.45. The zero-order valence-electron chi connectivity index (χ0n) is 16.9. The molecule has 7 nitrogen and oxygen atoms in total. The summed E-state index contributed by atoms with van der Waals surface area (Å²) in [5.74, 6) is 1.14. The minimum Gasteiger partial charge on any atom is -0.353 e. The van der Waals surface area contributed by atoms with E-state index in [4.69, 9.17) is 5.73 Å². The van der Waals surface area contributed by atoms with Gasteiger partial charge in [0, 0.05) is 63.6 Å². The van der Waals surface area contributed by atoms with Crippen molar-refractivity contribution in [1.82, 2.24) is 19.8 Å². The molecule has 2 saturated heterocycles. The van der Waals surface area contributed by atoms with Crippen LogP contribution in [0, 0.1) is 0 Å². The zero-order valence-corrected chi connectivity index (χ0v) is 16.9. The minimum absolute atomic E-state index is 0.000382. The van der Waals surface area contributed by atoms with Gasteiger partial charge in [0.15, 0.2) is 0 Å². The quantitative estimate of drug-likeness (QED) is 0.819. The topological polar surface area (TPSA) is 78.6 Å². The van der Waals surface area contributed by atoms with Gasteiger partial charge in [0.25, 0.3) is 0 Å². The van der Waals surface area contributed by atoms with Crippen molar-refractivity contribution in [3.8, 4) is 0 Å². The highest BCUT2D eigenvalue weighted by atomic mass is 16.2. The summed E-state index contributed by atoms with van der Waals surface area (Å²) in [7, 11) is 0. The molecule has 3 heterocycles. The van der Waals surface area contributed by atoms with Crippen molar-refractivity contribution in [3.63, 3.8) is 0 Å². The number of hydrogen-bond acceptors (Lipinski definition) is 6. The highest BCUT2D eigenvalue weighted by Gasteiger charge is 2.36. The first-order chi connectivity index (χ1) is 14.2. The predicted octanol–water partition coefficient (Wildman–Crippen LogP) is 1.12. The van der Waals surface area contributed by atoms with Gasteiger partial charge in [0.05, 0.1) is 12.7 Å². The van der Waals surface area contributed by atoms with Crippen LogP contribution in [-0.2, 0) is 10.2 Å². The fraction of sp³-hybridized carbons (Fsp3) is 0.500. The van der Waals surface area contributed by atoms with E-state index in [-0.39, 0.29) is 11.3 Å². The highest BCUT2D eigenvalue weighted by molar-refractivity contribution is 5.78. The first kappa shape index (κ1) is 19.8. The molecule has 2 aliphatic heterocycles. The number of aromatic nitrogens is 2. The second-order valence-electron chi connectivity index (χ2n) is 8.06. The lowest BCUT2D eigenvalue weighted by atomic mass is 9.73. The van der Waals surface area contributed by atoms with Gasteiger partial charge in [-0.1, -0.05) is 30.3 Å². The van der Waals surface area contributed by atoms with Crippen LogP contribution in [0.2, 0.25) is 0 Å². The molecule has 2 fully saturated rings. The molecule has 0 bridgehead atoms. The number of piperazine rings is 1. The number of anilines is 1. The molecule has 154 valence electrons. The summed E-state index contributed by atoms with van der Waals surface area (Å²) in [4.78, 5) is 27.9. The highest BCUT2D eigenvalue weighted by Crippen LogP contribution is 2.34. The second kappa shape index (κ2) is 8.88. The van der Waals surface area contributed by atoms with Crippen LogP contribution in [0.4, 0.5) is 5.82 Å². The molecule has 0 radical (unpaired) electrons. The molecule has 0 unspecified atom stereocenters. The third-order valence-corrected chi connectivity index (χ3v) is 6.45. The number of nitrogens with zero attached hydrogens (tertiary/aromatic N) is 5. The van der Waals surface area contributed by atoms with Crippen LogP contribution >= 0.6 is 0 Å². The molecule has 1 amide bonds. The molecule has 0 spiro atoms. The molecule has 1 aromatic heterocycles. The average molecular weight is 395 g/mol. The zero-order chi connectivity index (χ0) is 20.1. The molecule has 2 N–H and O–H groups in total. The largest absolute Gasteiger partial charge is 0.353 e. The molecular formula is C22H30N6O. The van der Waals surface area contributed by atoms with Crippen LogP contribution in [0.15, 0.2) is 48.9 Å². The summed E-state index contributed by atoms with van der Waals surface area (Å²) in [5.41, 5.74) is 7.48. The maximum Gasteiger partial charge on any atom is 0.236 e. The van der Waals surface area contributed by atoms with Crippen molar-refractivity contribution in [2.45, 2.75) is 18.3 Å². The number of carbonyl (C=O) groups is 1. The first-order valence-electron chi connectivity index (χ1n) is 10.5. The smallest absolute Gasteiger partial charge is 0.236 e. The van der Waals surface area contributed by atoms with Crippen LogP contribution in [0.3, 0.4) is 0 Å². The molecule has 2 aromatic rings. The lowest BCUT2D eigenvalue weighted by Crippen LogP contribution is -2.53. The van der Waals surface area contributed by atoms with Gasteiger partial charge in [-0.15, -0.1) is 0 Å². The predicted molar refractivity (Wildman–Crippen MR) is 114 cm³/mol. The maximum absolute atomic E-state index is 12.9. The average Bonchev–Trinajstić information content (AvgIpc) is 2.81. The summed E-state index contributed by atoms with van der Waals surface area (Å²) >= 11 is 0. The summed E-state index contributed by atoms with van der Waals surface area (Å²) in [5, 5.41) is 0. The Balaban J connectivity index is 1.27. The van der Waals surface area contributed by atoms with E-state index in [1.54, 1.807) is 18.6 Å². The number of hydrogen-bond donors (Lipinski definition) is 1. The van der Waals surface area contributed by atoms with Gasteiger partial charge in [-0.3, -0.25) is 14.7 Å². The van der Waals surface area contributed by atoms with Gasteiger partial charge in [0.2, 0.25) is 5.91 Å². The summed E-state index contributed by atoms with van der Waals surface area (Å²) in [6.07, 6.45) is 7.07. The molecule has 7 heteroatoms. The van der Waals surface area contributed by atoms with Gasteiger partial charge in [0.1, 0.15) is 5.82 Å². The SMILES string of the molecule is NCC1(c2ccccc2)CCN(C(=O)CN2CCN(c3cnccn3)CC2)CC1. The van der Waals surface area contributed by atoms with Crippen molar-refractivity contribution in [2.75, 3.05) is 57.3 Å². The van der Waals surface area contributed by atoms with Crippen molar-refractivity contribution in [3.05, 3.63) is 54.5 Å². The Morgan fingerprint density at radius 2 is 1.72 bits per heavy atom. The molecule has 0 aliphatic carbocycles. The van der Waals surface area contributed by atoms with Crippen molar-refractivity contribution < 1.29 is 4.79 Å². The number of amides is 1. The van der Waals surface area contributed by atoms with Gasteiger partial charge < -0.3 is 15.5 Å².